The van der Waals surface area contributed by atoms with E-state index in [0.717, 1.165) is 41.8 Å². The monoisotopic (exact) mass is 526 g/mol. The zero-order valence-electron chi connectivity index (χ0n) is 19.7. The van der Waals surface area contributed by atoms with Crippen LogP contribution in [-0.2, 0) is 9.47 Å². The first-order valence-electron chi connectivity index (χ1n) is 12.2. The third-order valence-corrected chi connectivity index (χ3v) is 7.38. The number of rotatable bonds is 6. The van der Waals surface area contributed by atoms with Crippen LogP contribution in [0.4, 0.5) is 10.5 Å². The summed E-state index contributed by atoms with van der Waals surface area (Å²) in [6, 6.07) is 14.8. The first-order valence-corrected chi connectivity index (χ1v) is 12.9. The molecule has 6 nitrogen and oxygen atoms in total. The molecular formula is C27H31BrN2O4. The predicted octanol–water partition coefficient (Wildman–Crippen LogP) is 7.31. The Morgan fingerprint density at radius 2 is 1.82 bits per heavy atom. The van der Waals surface area contributed by atoms with Crippen LogP contribution in [0.25, 0.3) is 22.2 Å². The molecule has 1 N–H and O–H groups in total. The van der Waals surface area contributed by atoms with Crippen LogP contribution in [0.3, 0.4) is 0 Å². The molecule has 3 aromatic rings. The second kappa shape index (κ2) is 10.0. The van der Waals surface area contributed by atoms with Crippen molar-refractivity contribution in [2.75, 3.05) is 18.5 Å². The molecule has 1 amide bonds. The molecule has 0 unspecified atom stereocenters. The Hall–Kier alpha value is -2.51. The minimum atomic E-state index is -0.440. The van der Waals surface area contributed by atoms with Crippen LogP contribution in [0, 0.1) is 0 Å². The zero-order valence-corrected chi connectivity index (χ0v) is 21.3. The van der Waals surface area contributed by atoms with Gasteiger partial charge in [-0.15, -0.1) is 0 Å². The van der Waals surface area contributed by atoms with Crippen LogP contribution in [0.1, 0.15) is 52.0 Å². The molecule has 7 heteroatoms. The van der Waals surface area contributed by atoms with Crippen LogP contribution in [0.5, 0.6) is 5.75 Å². The highest BCUT2D eigenvalue weighted by molar-refractivity contribution is 9.10. The van der Waals surface area contributed by atoms with Gasteiger partial charge >= 0.3 is 6.09 Å². The van der Waals surface area contributed by atoms with E-state index in [1.165, 1.54) is 35.9 Å². The maximum atomic E-state index is 12.0. The van der Waals surface area contributed by atoms with Gasteiger partial charge in [0.2, 0.25) is 0 Å². The summed E-state index contributed by atoms with van der Waals surface area (Å²) >= 11 is 3.90. The molecule has 1 saturated carbocycles. The summed E-state index contributed by atoms with van der Waals surface area (Å²) < 4.78 is 20.5. The number of nitrogens with one attached hydrogen (secondary N) is 1. The van der Waals surface area contributed by atoms with Crippen LogP contribution in [0.2, 0.25) is 0 Å². The Labute approximate surface area is 208 Å². The van der Waals surface area contributed by atoms with E-state index in [1.54, 1.807) is 0 Å². The zero-order chi connectivity index (χ0) is 23.7. The summed E-state index contributed by atoms with van der Waals surface area (Å²) in [5.41, 5.74) is 4.17. The summed E-state index contributed by atoms with van der Waals surface area (Å²) in [5, 5.41) is 3.98. The standard InChI is InChI=1S/C27H31BrN2O4/c1-17(2)33-27(31)29-19-8-6-18(7-9-19)26-25(28)23-11-10-22(34-21-12-14-32-15-13-21)16-24(23)30(26)20-4-3-5-20/h6-11,16-17,20-21H,3-5,12-15H2,1-2H3,(H,29,31). The van der Waals surface area contributed by atoms with E-state index < -0.39 is 6.09 Å². The molecular weight excluding hydrogens is 496 g/mol. The number of fused-ring (bicyclic) bond motifs is 1. The third-order valence-electron chi connectivity index (χ3n) is 6.57. The minimum Gasteiger partial charge on any atom is -0.490 e. The van der Waals surface area contributed by atoms with Crippen molar-refractivity contribution in [3.63, 3.8) is 0 Å². The topological polar surface area (TPSA) is 61.7 Å². The van der Waals surface area contributed by atoms with E-state index in [0.29, 0.717) is 11.7 Å². The second-order valence-corrected chi connectivity index (χ2v) is 10.2. The molecule has 5 rings (SSSR count). The van der Waals surface area contributed by atoms with Crippen molar-refractivity contribution in [1.82, 2.24) is 4.57 Å². The molecule has 180 valence electrons. The van der Waals surface area contributed by atoms with Crippen molar-refractivity contribution in [1.29, 1.82) is 0 Å². The van der Waals surface area contributed by atoms with E-state index in [9.17, 15) is 4.79 Å². The van der Waals surface area contributed by atoms with E-state index in [1.807, 2.05) is 26.0 Å². The molecule has 0 bridgehead atoms. The molecule has 1 aromatic heterocycles. The van der Waals surface area contributed by atoms with Crippen molar-refractivity contribution in [3.05, 3.63) is 46.9 Å². The van der Waals surface area contributed by atoms with Gasteiger partial charge in [-0.3, -0.25) is 5.32 Å². The van der Waals surface area contributed by atoms with E-state index in [-0.39, 0.29) is 12.2 Å². The van der Waals surface area contributed by atoms with Gasteiger partial charge in [-0.25, -0.2) is 4.79 Å². The Morgan fingerprint density at radius 3 is 2.47 bits per heavy atom. The average Bonchev–Trinajstić information content (AvgIpc) is 3.05. The molecule has 2 heterocycles. The fraction of sp³-hybridized carbons (Fsp3) is 0.444. The van der Waals surface area contributed by atoms with Crippen molar-refractivity contribution < 1.29 is 19.0 Å². The van der Waals surface area contributed by atoms with Gasteiger partial charge in [-0.2, -0.15) is 0 Å². The molecule has 1 saturated heterocycles. The smallest absolute Gasteiger partial charge is 0.411 e. The summed E-state index contributed by atoms with van der Waals surface area (Å²) in [6.07, 6.45) is 5.08. The number of benzene rings is 2. The van der Waals surface area contributed by atoms with Gasteiger partial charge < -0.3 is 18.8 Å². The van der Waals surface area contributed by atoms with Crippen LogP contribution >= 0.6 is 15.9 Å². The molecule has 0 atom stereocenters. The summed E-state index contributed by atoms with van der Waals surface area (Å²) in [5.74, 6) is 0.916. The van der Waals surface area contributed by atoms with Gasteiger partial charge in [0, 0.05) is 36.0 Å². The number of halogens is 1. The van der Waals surface area contributed by atoms with E-state index >= 15 is 0 Å². The Bertz CT molecular complexity index is 1160. The molecule has 2 aromatic carbocycles. The fourth-order valence-electron chi connectivity index (χ4n) is 4.67. The molecule has 1 aliphatic heterocycles. The summed E-state index contributed by atoms with van der Waals surface area (Å²) in [7, 11) is 0. The maximum Gasteiger partial charge on any atom is 0.411 e. The minimum absolute atomic E-state index is 0.159. The van der Waals surface area contributed by atoms with Gasteiger partial charge in [0.25, 0.3) is 0 Å². The number of hydrogen-bond acceptors (Lipinski definition) is 4. The van der Waals surface area contributed by atoms with Crippen LogP contribution in [-0.4, -0.2) is 36.1 Å². The van der Waals surface area contributed by atoms with E-state index in [2.05, 4.69) is 56.1 Å². The number of hydrogen-bond donors (Lipinski definition) is 1. The normalized spacial score (nSPS) is 17.1. The first kappa shape index (κ1) is 23.2. The number of carbonyl (C=O) groups excluding carboxylic acids is 1. The molecule has 1 aliphatic carbocycles. The third kappa shape index (κ3) is 4.82. The largest absolute Gasteiger partial charge is 0.490 e. The van der Waals surface area contributed by atoms with Crippen molar-refractivity contribution in [3.8, 4) is 17.0 Å². The van der Waals surface area contributed by atoms with E-state index in [4.69, 9.17) is 14.2 Å². The van der Waals surface area contributed by atoms with Crippen LogP contribution < -0.4 is 10.1 Å². The fourth-order valence-corrected chi connectivity index (χ4v) is 5.43. The number of aromatic nitrogens is 1. The molecule has 2 aliphatic rings. The SMILES string of the molecule is CC(C)OC(=O)Nc1ccc(-c2c(Br)c3ccc(OC4CCOCC4)cc3n2C2CCC2)cc1. The Morgan fingerprint density at radius 1 is 1.09 bits per heavy atom. The first-order chi connectivity index (χ1) is 16.5. The lowest BCUT2D eigenvalue weighted by Gasteiger charge is -2.30. The average molecular weight is 527 g/mol. The number of nitrogens with zero attached hydrogens (tertiary/aromatic N) is 1. The second-order valence-electron chi connectivity index (χ2n) is 9.38. The molecule has 2 fully saturated rings. The highest BCUT2D eigenvalue weighted by atomic mass is 79.9. The lowest BCUT2D eigenvalue weighted by atomic mass is 9.92. The Balaban J connectivity index is 1.47. The Kier molecular flexibility index (Phi) is 6.84. The molecule has 0 radical (unpaired) electrons. The van der Waals surface area contributed by atoms with Crippen molar-refractivity contribution in [2.45, 2.75) is 64.2 Å². The van der Waals surface area contributed by atoms with Gasteiger partial charge in [-0.05, 0) is 78.9 Å². The number of amides is 1. The molecule has 34 heavy (non-hydrogen) atoms. The number of anilines is 1. The van der Waals surface area contributed by atoms with Gasteiger partial charge in [0.05, 0.1) is 35.0 Å². The molecule has 0 spiro atoms. The van der Waals surface area contributed by atoms with Gasteiger partial charge in [0.1, 0.15) is 11.9 Å². The highest BCUT2D eigenvalue weighted by Gasteiger charge is 2.27. The lowest BCUT2D eigenvalue weighted by molar-refractivity contribution is 0.0256. The van der Waals surface area contributed by atoms with Crippen molar-refractivity contribution >= 4 is 38.6 Å². The predicted molar refractivity (Wildman–Crippen MR) is 138 cm³/mol. The lowest BCUT2D eigenvalue weighted by Crippen LogP contribution is -2.25. The van der Waals surface area contributed by atoms with Crippen LogP contribution in [0.15, 0.2) is 46.9 Å². The maximum absolute atomic E-state index is 12.0. The summed E-state index contributed by atoms with van der Waals surface area (Å²) in [4.78, 5) is 12.0. The number of ether oxygens (including phenoxy) is 3. The van der Waals surface area contributed by atoms with Crippen molar-refractivity contribution in [2.24, 2.45) is 0 Å². The quantitative estimate of drug-likeness (QED) is 0.365. The summed E-state index contributed by atoms with van der Waals surface area (Å²) in [6.45, 7) is 5.20. The van der Waals surface area contributed by atoms with Gasteiger partial charge in [-0.1, -0.05) is 12.1 Å². The highest BCUT2D eigenvalue weighted by Crippen LogP contribution is 2.45. The number of carbonyl (C=O) groups is 1. The van der Waals surface area contributed by atoms with Gasteiger partial charge in [0.15, 0.2) is 0 Å².